The largest absolute Gasteiger partial charge is 0.505 e. The number of allylic oxidation sites excluding steroid dienone is 4. The minimum atomic E-state index is 1.06. The van der Waals surface area contributed by atoms with Crippen LogP contribution in [0.4, 0.5) is 0 Å². The monoisotopic (exact) mass is 370 g/mol. The predicted octanol–water partition coefficient (Wildman–Crippen LogP) is 4.16. The first-order valence-corrected chi connectivity index (χ1v) is 10.1. The molecule has 0 atom stereocenters. The molecule has 0 amide bonds. The van der Waals surface area contributed by atoms with E-state index in [0.717, 1.165) is 25.9 Å². The Labute approximate surface area is 166 Å². The van der Waals surface area contributed by atoms with E-state index in [1.54, 1.807) is 24.6 Å². The third-order valence-electron chi connectivity index (χ3n) is 4.72. The van der Waals surface area contributed by atoms with Gasteiger partial charge >= 0.3 is 0 Å². The molecule has 1 aromatic rings. The number of fused-ring (bicyclic) bond motifs is 3. The summed E-state index contributed by atoms with van der Waals surface area (Å²) in [6.07, 6.45) is 15.8. The van der Waals surface area contributed by atoms with Crippen molar-refractivity contribution in [2.75, 3.05) is 20.7 Å². The van der Waals surface area contributed by atoms with Crippen molar-refractivity contribution in [2.24, 2.45) is 0 Å². The van der Waals surface area contributed by atoms with Crippen LogP contribution in [0.5, 0.6) is 0 Å². The van der Waals surface area contributed by atoms with Crippen LogP contribution in [0.15, 0.2) is 36.6 Å². The zero-order valence-electron chi connectivity index (χ0n) is 18.2. The van der Waals surface area contributed by atoms with Crippen LogP contribution in [-0.4, -0.2) is 30.2 Å². The molecular weight excluding hydrogens is 332 g/mol. The van der Waals surface area contributed by atoms with E-state index in [1.165, 1.54) is 29.1 Å². The third-order valence-corrected chi connectivity index (χ3v) is 4.72. The highest BCUT2D eigenvalue weighted by Gasteiger charge is 2.20. The van der Waals surface area contributed by atoms with Crippen LogP contribution in [-0.2, 0) is 24.2 Å². The van der Waals surface area contributed by atoms with E-state index in [0.29, 0.717) is 0 Å². The van der Waals surface area contributed by atoms with Crippen LogP contribution in [0.1, 0.15) is 51.8 Å². The minimum Gasteiger partial charge on any atom is -0.505 e. The van der Waals surface area contributed by atoms with Crippen molar-refractivity contribution in [1.82, 2.24) is 9.47 Å². The summed E-state index contributed by atoms with van der Waals surface area (Å²) in [5.41, 5.74) is 4.53. The molecule has 0 saturated carbocycles. The first-order chi connectivity index (χ1) is 13.0. The van der Waals surface area contributed by atoms with Crippen LogP contribution in [0.2, 0.25) is 0 Å². The molecule has 1 aliphatic heterocycles. The maximum Gasteiger partial charge on any atom is 0.0781 e. The molecule has 0 saturated heterocycles. The molecule has 3 rings (SSSR count). The average molecular weight is 371 g/mol. The lowest BCUT2D eigenvalue weighted by molar-refractivity contribution is 0.307. The summed E-state index contributed by atoms with van der Waals surface area (Å²) in [4.78, 5) is 2.43. The van der Waals surface area contributed by atoms with E-state index < -0.39 is 0 Å². The van der Waals surface area contributed by atoms with Gasteiger partial charge in [0.1, 0.15) is 0 Å². The molecule has 3 nitrogen and oxygen atoms in total. The van der Waals surface area contributed by atoms with Gasteiger partial charge in [0.15, 0.2) is 0 Å². The Hall–Kier alpha value is -2.00. The SMILES string of the molecule is C/C=C/OC.C=CCC.CCn1c2c(c3c1=CCC=C(C)C=3)CN(C)CC2. The molecule has 0 spiro atoms. The standard InChI is InChI=1S/C16H22N2.C4H8O.C4H8/c1-4-18-15-7-5-6-12(2)10-13(15)14-11-17(3)9-8-16(14)18;1-3-4-5-2;1-3-4-2/h6-7,10H,4-5,8-9,11H2,1-3H3;3-4H,1-2H3;3H,1,4H2,2H3/b;4-3+;. The van der Waals surface area contributed by atoms with Gasteiger partial charge in [-0.3, -0.25) is 0 Å². The smallest absolute Gasteiger partial charge is 0.0781 e. The van der Waals surface area contributed by atoms with Crippen molar-refractivity contribution < 1.29 is 4.74 Å². The Morgan fingerprint density at radius 3 is 2.48 bits per heavy atom. The fraction of sp³-hybridized carbons (Fsp3) is 0.500. The molecule has 2 aliphatic rings. The van der Waals surface area contributed by atoms with Crippen LogP contribution in [0.3, 0.4) is 0 Å². The Morgan fingerprint density at radius 2 is 1.96 bits per heavy atom. The van der Waals surface area contributed by atoms with Gasteiger partial charge in [0.25, 0.3) is 0 Å². The molecule has 0 N–H and O–H groups in total. The van der Waals surface area contributed by atoms with Crippen molar-refractivity contribution in [3.63, 3.8) is 0 Å². The highest BCUT2D eigenvalue weighted by molar-refractivity contribution is 5.53. The number of likely N-dealkylation sites (N-methyl/N-ethyl adjacent to an activating group) is 1. The predicted molar refractivity (Wildman–Crippen MR) is 119 cm³/mol. The normalized spacial score (nSPS) is 15.4. The summed E-state index contributed by atoms with van der Waals surface area (Å²) in [7, 11) is 3.85. The van der Waals surface area contributed by atoms with Crippen molar-refractivity contribution >= 4 is 12.2 Å². The quantitative estimate of drug-likeness (QED) is 0.587. The second-order valence-corrected chi connectivity index (χ2v) is 6.89. The second-order valence-electron chi connectivity index (χ2n) is 6.89. The zero-order chi connectivity index (χ0) is 20.2. The molecule has 2 heterocycles. The summed E-state index contributed by atoms with van der Waals surface area (Å²) < 4.78 is 7.04. The van der Waals surface area contributed by atoms with Gasteiger partial charge in [-0.25, -0.2) is 0 Å². The summed E-state index contributed by atoms with van der Waals surface area (Å²) in [5.74, 6) is 0. The molecule has 1 aromatic heterocycles. The van der Waals surface area contributed by atoms with Crippen LogP contribution in [0, 0.1) is 0 Å². The number of nitrogens with zero attached hydrogens (tertiary/aromatic N) is 2. The molecule has 0 aromatic carbocycles. The van der Waals surface area contributed by atoms with Crippen LogP contribution < -0.4 is 10.6 Å². The molecular formula is C24H38N2O. The molecule has 3 heteroatoms. The number of hydrogen-bond donors (Lipinski definition) is 0. The number of rotatable bonds is 3. The van der Waals surface area contributed by atoms with E-state index in [1.807, 2.05) is 19.1 Å². The van der Waals surface area contributed by atoms with Gasteiger partial charge in [0.05, 0.1) is 13.4 Å². The summed E-state index contributed by atoms with van der Waals surface area (Å²) in [6.45, 7) is 15.3. The van der Waals surface area contributed by atoms with Gasteiger partial charge < -0.3 is 14.2 Å². The third kappa shape index (κ3) is 6.59. The number of hydrogen-bond acceptors (Lipinski definition) is 2. The van der Waals surface area contributed by atoms with Crippen molar-refractivity contribution in [2.45, 2.75) is 60.0 Å². The topological polar surface area (TPSA) is 17.4 Å². The van der Waals surface area contributed by atoms with Gasteiger partial charge in [-0.1, -0.05) is 36.8 Å². The second kappa shape index (κ2) is 12.4. The molecule has 27 heavy (non-hydrogen) atoms. The molecule has 0 radical (unpaired) electrons. The fourth-order valence-corrected chi connectivity index (χ4v) is 3.39. The van der Waals surface area contributed by atoms with Gasteiger partial charge in [0, 0.05) is 42.3 Å². The Kier molecular flexibility index (Phi) is 10.6. The summed E-state index contributed by atoms with van der Waals surface area (Å²) >= 11 is 0. The molecule has 0 unspecified atom stereocenters. The highest BCUT2D eigenvalue weighted by Crippen LogP contribution is 2.15. The molecule has 1 aliphatic carbocycles. The maximum absolute atomic E-state index is 4.51. The van der Waals surface area contributed by atoms with Gasteiger partial charge in [-0.2, -0.15) is 0 Å². The van der Waals surface area contributed by atoms with Crippen molar-refractivity contribution in [3.8, 4) is 0 Å². The van der Waals surface area contributed by atoms with Gasteiger partial charge in [-0.05, 0) is 52.3 Å². The maximum atomic E-state index is 4.51. The number of aromatic nitrogens is 1. The average Bonchev–Trinajstić information content (AvgIpc) is 2.81. The highest BCUT2D eigenvalue weighted by atomic mass is 16.5. The fourth-order valence-electron chi connectivity index (χ4n) is 3.39. The first-order valence-electron chi connectivity index (χ1n) is 10.1. The minimum absolute atomic E-state index is 1.06. The van der Waals surface area contributed by atoms with E-state index in [4.69, 9.17) is 0 Å². The molecule has 0 fully saturated rings. The summed E-state index contributed by atoms with van der Waals surface area (Å²) in [5, 5.41) is 2.93. The lowest BCUT2D eigenvalue weighted by Crippen LogP contribution is -2.31. The van der Waals surface area contributed by atoms with Gasteiger partial charge in [-0.15, -0.1) is 6.58 Å². The lowest BCUT2D eigenvalue weighted by Gasteiger charge is -2.24. The Bertz CT molecular complexity index is 765. The lowest BCUT2D eigenvalue weighted by atomic mass is 10.1. The number of methoxy groups -OCH3 is 1. The van der Waals surface area contributed by atoms with Crippen molar-refractivity contribution in [1.29, 1.82) is 0 Å². The zero-order valence-corrected chi connectivity index (χ0v) is 18.2. The Balaban J connectivity index is 0.000000342. The van der Waals surface area contributed by atoms with Crippen LogP contribution in [0.25, 0.3) is 12.2 Å². The molecule has 150 valence electrons. The van der Waals surface area contributed by atoms with E-state index in [9.17, 15) is 0 Å². The molecule has 0 bridgehead atoms. The van der Waals surface area contributed by atoms with E-state index in [-0.39, 0.29) is 0 Å². The van der Waals surface area contributed by atoms with Crippen LogP contribution >= 0.6 is 0 Å². The first kappa shape index (κ1) is 23.0. The van der Waals surface area contributed by atoms with E-state index >= 15 is 0 Å². The summed E-state index contributed by atoms with van der Waals surface area (Å²) in [6, 6.07) is 0. The van der Waals surface area contributed by atoms with Crippen molar-refractivity contribution in [3.05, 3.63) is 58.5 Å². The van der Waals surface area contributed by atoms with Gasteiger partial charge in [0.2, 0.25) is 0 Å². The number of ether oxygens (including phenoxy) is 1. The van der Waals surface area contributed by atoms with E-state index in [2.05, 4.69) is 66.8 Å². The Morgan fingerprint density at radius 1 is 1.26 bits per heavy atom.